The van der Waals surface area contributed by atoms with Gasteiger partial charge in [-0.05, 0) is 35.9 Å². The Labute approximate surface area is 126 Å². The second kappa shape index (κ2) is 6.53. The number of benzene rings is 2. The van der Waals surface area contributed by atoms with E-state index in [1.54, 1.807) is 24.9 Å². The minimum Gasteiger partial charge on any atom is -0.497 e. The predicted molar refractivity (Wildman–Crippen MR) is 81.5 cm³/mol. The van der Waals surface area contributed by atoms with E-state index in [-0.39, 0.29) is 0 Å². The van der Waals surface area contributed by atoms with Gasteiger partial charge in [-0.3, -0.25) is 0 Å². The van der Waals surface area contributed by atoms with Crippen molar-refractivity contribution in [3.63, 3.8) is 0 Å². The standard InChI is InChI=1S/C14H13Cl2NOS/c1-18-10-3-2-9(8-17)14(6-10)19-11-4-5-12(15)13(16)7-11/h2-7H,8,17H2,1H3. The Morgan fingerprint density at radius 1 is 1.11 bits per heavy atom. The van der Waals surface area contributed by atoms with E-state index in [0.717, 1.165) is 21.1 Å². The number of methoxy groups -OCH3 is 1. The molecular weight excluding hydrogens is 301 g/mol. The van der Waals surface area contributed by atoms with Gasteiger partial charge in [0.25, 0.3) is 0 Å². The predicted octanol–water partition coefficient (Wildman–Crippen LogP) is 4.61. The second-order valence-electron chi connectivity index (χ2n) is 3.86. The van der Waals surface area contributed by atoms with Crippen LogP contribution in [0.3, 0.4) is 0 Å². The fourth-order valence-corrected chi connectivity index (χ4v) is 2.98. The summed E-state index contributed by atoms with van der Waals surface area (Å²) in [6.45, 7) is 0.480. The summed E-state index contributed by atoms with van der Waals surface area (Å²) in [5.41, 5.74) is 6.82. The lowest BCUT2D eigenvalue weighted by atomic mass is 10.2. The van der Waals surface area contributed by atoms with Gasteiger partial charge in [-0.15, -0.1) is 0 Å². The molecule has 0 saturated heterocycles. The second-order valence-corrected chi connectivity index (χ2v) is 5.79. The maximum absolute atomic E-state index is 6.02. The van der Waals surface area contributed by atoms with Crippen LogP contribution in [0.4, 0.5) is 0 Å². The monoisotopic (exact) mass is 313 g/mol. The number of halogens is 2. The summed E-state index contributed by atoms with van der Waals surface area (Å²) < 4.78 is 5.23. The first-order valence-electron chi connectivity index (χ1n) is 5.64. The number of rotatable bonds is 4. The van der Waals surface area contributed by atoms with Crippen molar-refractivity contribution in [2.24, 2.45) is 5.73 Å². The van der Waals surface area contributed by atoms with Crippen molar-refractivity contribution in [1.29, 1.82) is 0 Å². The highest BCUT2D eigenvalue weighted by molar-refractivity contribution is 7.99. The van der Waals surface area contributed by atoms with E-state index in [1.165, 1.54) is 0 Å². The van der Waals surface area contributed by atoms with Crippen LogP contribution in [-0.2, 0) is 6.54 Å². The van der Waals surface area contributed by atoms with Gasteiger partial charge >= 0.3 is 0 Å². The summed E-state index contributed by atoms with van der Waals surface area (Å²) >= 11 is 13.5. The fraction of sp³-hybridized carbons (Fsp3) is 0.143. The molecular formula is C14H13Cl2NOS. The summed E-state index contributed by atoms with van der Waals surface area (Å²) in [7, 11) is 1.64. The van der Waals surface area contributed by atoms with E-state index in [0.29, 0.717) is 16.6 Å². The molecule has 0 bridgehead atoms. The maximum atomic E-state index is 6.02. The molecule has 0 radical (unpaired) electrons. The Hall–Kier alpha value is -0.870. The van der Waals surface area contributed by atoms with Crippen molar-refractivity contribution in [1.82, 2.24) is 0 Å². The molecule has 2 rings (SSSR count). The number of hydrogen-bond donors (Lipinski definition) is 1. The zero-order chi connectivity index (χ0) is 13.8. The Morgan fingerprint density at radius 2 is 1.89 bits per heavy atom. The molecule has 0 aliphatic heterocycles. The van der Waals surface area contributed by atoms with Crippen LogP contribution in [0, 0.1) is 0 Å². The zero-order valence-electron chi connectivity index (χ0n) is 10.3. The molecule has 2 aromatic carbocycles. The topological polar surface area (TPSA) is 35.2 Å². The van der Waals surface area contributed by atoms with E-state index in [1.807, 2.05) is 30.3 Å². The van der Waals surface area contributed by atoms with Gasteiger partial charge in [0.1, 0.15) is 5.75 Å². The average molecular weight is 314 g/mol. The maximum Gasteiger partial charge on any atom is 0.120 e. The Morgan fingerprint density at radius 3 is 2.53 bits per heavy atom. The van der Waals surface area contributed by atoms with Gasteiger partial charge < -0.3 is 10.5 Å². The van der Waals surface area contributed by atoms with Gasteiger partial charge in [0.05, 0.1) is 17.2 Å². The van der Waals surface area contributed by atoms with E-state index in [4.69, 9.17) is 33.7 Å². The van der Waals surface area contributed by atoms with Gasteiger partial charge in [-0.2, -0.15) is 0 Å². The highest BCUT2D eigenvalue weighted by atomic mass is 35.5. The van der Waals surface area contributed by atoms with Gasteiger partial charge in [0.15, 0.2) is 0 Å². The molecule has 0 saturated carbocycles. The summed E-state index contributed by atoms with van der Waals surface area (Å²) in [6, 6.07) is 11.4. The minimum absolute atomic E-state index is 0.480. The minimum atomic E-state index is 0.480. The van der Waals surface area contributed by atoms with Crippen LogP contribution < -0.4 is 10.5 Å². The number of hydrogen-bond acceptors (Lipinski definition) is 3. The first kappa shape index (κ1) is 14.5. The molecule has 0 aromatic heterocycles. The van der Waals surface area contributed by atoms with Crippen LogP contribution >= 0.6 is 35.0 Å². The Bertz CT molecular complexity index is 590. The van der Waals surface area contributed by atoms with Gasteiger partial charge in [0, 0.05) is 16.3 Å². The van der Waals surface area contributed by atoms with Gasteiger partial charge in [-0.25, -0.2) is 0 Å². The number of nitrogens with two attached hydrogens (primary N) is 1. The van der Waals surface area contributed by atoms with Crippen LogP contribution in [-0.4, -0.2) is 7.11 Å². The molecule has 2 nitrogen and oxygen atoms in total. The third-order valence-electron chi connectivity index (χ3n) is 2.61. The van der Waals surface area contributed by atoms with Crippen LogP contribution in [0.2, 0.25) is 10.0 Å². The highest BCUT2D eigenvalue weighted by Crippen LogP contribution is 2.35. The normalized spacial score (nSPS) is 10.5. The molecule has 0 fully saturated rings. The summed E-state index contributed by atoms with van der Waals surface area (Å²) in [4.78, 5) is 2.07. The molecule has 0 aliphatic carbocycles. The molecule has 0 atom stereocenters. The largest absolute Gasteiger partial charge is 0.497 e. The summed E-state index contributed by atoms with van der Waals surface area (Å²) in [5, 5.41) is 1.10. The Kier molecular flexibility index (Phi) is 4.99. The molecule has 2 N–H and O–H groups in total. The molecule has 5 heteroatoms. The Balaban J connectivity index is 2.33. The van der Waals surface area contributed by atoms with Crippen molar-refractivity contribution in [3.05, 3.63) is 52.0 Å². The first-order valence-corrected chi connectivity index (χ1v) is 7.21. The van der Waals surface area contributed by atoms with Crippen molar-refractivity contribution in [3.8, 4) is 5.75 Å². The third-order valence-corrected chi connectivity index (χ3v) is 4.44. The third kappa shape index (κ3) is 3.57. The van der Waals surface area contributed by atoms with Crippen molar-refractivity contribution in [2.45, 2.75) is 16.3 Å². The van der Waals surface area contributed by atoms with E-state index in [9.17, 15) is 0 Å². The van der Waals surface area contributed by atoms with Crippen molar-refractivity contribution < 1.29 is 4.74 Å². The lowest BCUT2D eigenvalue weighted by molar-refractivity contribution is 0.413. The van der Waals surface area contributed by atoms with Crippen LogP contribution in [0.25, 0.3) is 0 Å². The van der Waals surface area contributed by atoms with Crippen LogP contribution in [0.5, 0.6) is 5.75 Å². The van der Waals surface area contributed by atoms with Crippen LogP contribution in [0.15, 0.2) is 46.2 Å². The summed E-state index contributed by atoms with van der Waals surface area (Å²) in [6.07, 6.45) is 0. The summed E-state index contributed by atoms with van der Waals surface area (Å²) in [5.74, 6) is 0.805. The van der Waals surface area contributed by atoms with E-state index < -0.39 is 0 Å². The molecule has 19 heavy (non-hydrogen) atoms. The van der Waals surface area contributed by atoms with Crippen molar-refractivity contribution in [2.75, 3.05) is 7.11 Å². The quantitative estimate of drug-likeness (QED) is 0.895. The molecule has 0 spiro atoms. The SMILES string of the molecule is COc1ccc(CN)c(Sc2ccc(Cl)c(Cl)c2)c1. The van der Waals surface area contributed by atoms with Crippen LogP contribution in [0.1, 0.15) is 5.56 Å². The molecule has 0 aliphatic rings. The smallest absolute Gasteiger partial charge is 0.120 e. The fourth-order valence-electron chi connectivity index (χ4n) is 1.59. The molecule has 2 aromatic rings. The molecule has 0 heterocycles. The van der Waals surface area contributed by atoms with E-state index in [2.05, 4.69) is 0 Å². The van der Waals surface area contributed by atoms with Gasteiger partial charge in [-0.1, -0.05) is 41.0 Å². The van der Waals surface area contributed by atoms with Crippen molar-refractivity contribution >= 4 is 35.0 Å². The zero-order valence-corrected chi connectivity index (χ0v) is 12.6. The highest BCUT2D eigenvalue weighted by Gasteiger charge is 2.07. The molecule has 0 unspecified atom stereocenters. The lowest BCUT2D eigenvalue weighted by Gasteiger charge is -2.10. The lowest BCUT2D eigenvalue weighted by Crippen LogP contribution is -1.98. The average Bonchev–Trinajstić information content (AvgIpc) is 2.43. The molecule has 100 valence electrons. The van der Waals surface area contributed by atoms with E-state index >= 15 is 0 Å². The number of ether oxygens (including phenoxy) is 1. The first-order chi connectivity index (χ1) is 9.13. The van der Waals surface area contributed by atoms with Gasteiger partial charge in [0.2, 0.25) is 0 Å². The molecule has 0 amide bonds.